The zero-order valence-electron chi connectivity index (χ0n) is 16.5. The van der Waals surface area contributed by atoms with Gasteiger partial charge in [-0.1, -0.05) is 97.6 Å². The molecule has 1 heterocycles. The van der Waals surface area contributed by atoms with Crippen molar-refractivity contribution >= 4 is 5.57 Å². The first-order valence-corrected chi connectivity index (χ1v) is 10.2. The van der Waals surface area contributed by atoms with Crippen LogP contribution in [0.25, 0.3) is 5.57 Å². The van der Waals surface area contributed by atoms with Crippen LogP contribution in [0.2, 0.25) is 0 Å². The van der Waals surface area contributed by atoms with E-state index in [1.54, 1.807) is 0 Å². The highest BCUT2D eigenvalue weighted by Gasteiger charge is 2.45. The van der Waals surface area contributed by atoms with Gasteiger partial charge in [-0.2, -0.15) is 0 Å². The molecule has 4 rings (SSSR count). The second-order valence-electron chi connectivity index (χ2n) is 7.46. The Labute approximate surface area is 172 Å². The van der Waals surface area contributed by atoms with Crippen molar-refractivity contribution in [1.29, 1.82) is 0 Å². The predicted molar refractivity (Wildman–Crippen MR) is 118 cm³/mol. The van der Waals surface area contributed by atoms with E-state index in [2.05, 4.69) is 6.58 Å². The topological polar surface area (TPSA) is 12.8 Å². The van der Waals surface area contributed by atoms with Gasteiger partial charge in [0.15, 0.2) is 0 Å². The molecule has 0 spiro atoms. The fourth-order valence-corrected chi connectivity index (χ4v) is 4.17. The Morgan fingerprint density at radius 1 is 0.759 bits per heavy atom. The molecular formula is C27H26FO+. The van der Waals surface area contributed by atoms with E-state index in [9.17, 15) is 0 Å². The fraction of sp³-hybridized carbons (Fsp3) is 0.185. The highest BCUT2D eigenvalue weighted by molar-refractivity contribution is 5.83. The van der Waals surface area contributed by atoms with Crippen LogP contribution >= 0.6 is 0 Å². The van der Waals surface area contributed by atoms with Crippen LogP contribution in [-0.4, -0.2) is 11.3 Å². The molecule has 1 unspecified atom stereocenters. The van der Waals surface area contributed by atoms with Crippen molar-refractivity contribution in [2.45, 2.75) is 24.9 Å². The molecule has 0 aromatic heterocycles. The van der Waals surface area contributed by atoms with Crippen molar-refractivity contribution in [2.75, 3.05) is 6.61 Å². The summed E-state index contributed by atoms with van der Waals surface area (Å²) in [5.41, 5.74) is 3.02. The maximum Gasteiger partial charge on any atom is 0.219 e. The smallest absolute Gasteiger partial charge is 0.219 e. The van der Waals surface area contributed by atoms with E-state index >= 15 is 4.39 Å². The van der Waals surface area contributed by atoms with Crippen molar-refractivity contribution in [2.24, 2.45) is 0 Å². The maximum atomic E-state index is 16.3. The minimum absolute atomic E-state index is 0.281. The van der Waals surface area contributed by atoms with Gasteiger partial charge in [-0.15, -0.1) is 0 Å². The molecule has 29 heavy (non-hydrogen) atoms. The van der Waals surface area contributed by atoms with Gasteiger partial charge in [0.1, 0.15) is 12.4 Å². The normalized spacial score (nSPS) is 18.8. The molecule has 1 atom stereocenters. The van der Waals surface area contributed by atoms with Crippen LogP contribution in [0.3, 0.4) is 0 Å². The monoisotopic (exact) mass is 385 g/mol. The van der Waals surface area contributed by atoms with Crippen molar-refractivity contribution in [3.8, 4) is 0 Å². The molecule has 2 heteroatoms. The minimum atomic E-state index is -0.710. The lowest BCUT2D eigenvalue weighted by Gasteiger charge is -2.35. The Balaban J connectivity index is 1.88. The van der Waals surface area contributed by atoms with Crippen molar-refractivity contribution in [3.63, 3.8) is 0 Å². The van der Waals surface area contributed by atoms with Gasteiger partial charge in [0, 0.05) is 24.0 Å². The Kier molecular flexibility index (Phi) is 5.73. The summed E-state index contributed by atoms with van der Waals surface area (Å²) in [6, 6.07) is 29.5. The average Bonchev–Trinajstić information content (AvgIpc) is 2.81. The number of benzene rings is 3. The predicted octanol–water partition coefficient (Wildman–Crippen LogP) is 6.58. The molecule has 1 fully saturated rings. The zero-order chi connectivity index (χ0) is 20.1. The van der Waals surface area contributed by atoms with Crippen LogP contribution in [0.4, 0.5) is 4.39 Å². The lowest BCUT2D eigenvalue weighted by atomic mass is 9.78. The van der Waals surface area contributed by atoms with E-state index in [4.69, 9.17) is 4.74 Å². The first-order valence-electron chi connectivity index (χ1n) is 10.2. The van der Waals surface area contributed by atoms with Gasteiger partial charge in [-0.3, -0.25) is 0 Å². The second-order valence-corrected chi connectivity index (χ2v) is 7.46. The number of rotatable bonds is 5. The van der Waals surface area contributed by atoms with Crippen LogP contribution in [0.5, 0.6) is 0 Å². The highest BCUT2D eigenvalue weighted by Crippen LogP contribution is 2.45. The number of hydrogen-bond donors (Lipinski definition) is 0. The molecule has 146 valence electrons. The van der Waals surface area contributed by atoms with Crippen molar-refractivity contribution < 1.29 is 9.13 Å². The van der Waals surface area contributed by atoms with Crippen LogP contribution in [0, 0.1) is 0 Å². The van der Waals surface area contributed by atoms with E-state index in [-0.39, 0.29) is 5.83 Å². The van der Waals surface area contributed by atoms with Gasteiger partial charge in [-0.05, 0) is 17.5 Å². The molecule has 0 aliphatic carbocycles. The molecule has 0 saturated carbocycles. The van der Waals surface area contributed by atoms with Gasteiger partial charge in [0.05, 0.1) is 5.57 Å². The third-order valence-electron chi connectivity index (χ3n) is 5.69. The summed E-state index contributed by atoms with van der Waals surface area (Å²) in [5, 5.41) is 0. The lowest BCUT2D eigenvalue weighted by Crippen LogP contribution is -2.39. The SMILES string of the molecule is C=C(C(F)=C(c1ccccc1)c1ccccc1)C1(c2ccccc2)CCCC[OH+]1. The molecule has 0 bridgehead atoms. The zero-order valence-corrected chi connectivity index (χ0v) is 16.5. The molecule has 1 aliphatic heterocycles. The summed E-state index contributed by atoms with van der Waals surface area (Å²) in [4.78, 5) is 0. The molecule has 3 aromatic carbocycles. The van der Waals surface area contributed by atoms with Gasteiger partial charge >= 0.3 is 0 Å². The minimum Gasteiger partial charge on any atom is -0.422 e. The fourth-order valence-electron chi connectivity index (χ4n) is 4.17. The average molecular weight is 386 g/mol. The summed E-state index contributed by atoms with van der Waals surface area (Å²) in [6.45, 7) is 5.00. The van der Waals surface area contributed by atoms with Crippen molar-refractivity contribution in [1.82, 2.24) is 0 Å². The van der Waals surface area contributed by atoms with E-state index in [0.29, 0.717) is 11.1 Å². The summed E-state index contributed by atoms with van der Waals surface area (Å²) < 4.78 is 21.2. The van der Waals surface area contributed by atoms with E-state index in [1.807, 2.05) is 91.0 Å². The number of halogens is 1. The number of aliphatic hydroxyl groups is 2. The Hall–Kier alpha value is -2.97. The molecule has 0 amide bonds. The molecule has 1 saturated heterocycles. The molecular weight excluding hydrogens is 359 g/mol. The first kappa shape index (κ1) is 19.4. The van der Waals surface area contributed by atoms with Crippen LogP contribution < -0.4 is 0 Å². The molecule has 1 N–H and O–H groups in total. The first-order chi connectivity index (χ1) is 14.2. The third kappa shape index (κ3) is 3.81. The quantitative estimate of drug-likeness (QED) is 0.348. The maximum absolute atomic E-state index is 16.3. The summed E-state index contributed by atoms with van der Waals surface area (Å²) in [6.07, 6.45) is 2.83. The number of ether oxygens (including phenoxy) is 1. The largest absolute Gasteiger partial charge is 0.422 e. The van der Waals surface area contributed by atoms with Crippen LogP contribution in [-0.2, 0) is 5.60 Å². The summed E-state index contributed by atoms with van der Waals surface area (Å²) in [7, 11) is 0. The summed E-state index contributed by atoms with van der Waals surface area (Å²) in [5.74, 6) is -0.281. The molecule has 0 radical (unpaired) electrons. The third-order valence-corrected chi connectivity index (χ3v) is 5.69. The Bertz CT molecular complexity index is 943. The van der Waals surface area contributed by atoms with Crippen LogP contribution in [0.15, 0.2) is 109 Å². The Morgan fingerprint density at radius 3 is 1.76 bits per heavy atom. The summed E-state index contributed by atoms with van der Waals surface area (Å²) >= 11 is 0. The highest BCUT2D eigenvalue weighted by atomic mass is 19.1. The number of hydrogen-bond acceptors (Lipinski definition) is 0. The van der Waals surface area contributed by atoms with E-state index < -0.39 is 5.60 Å². The van der Waals surface area contributed by atoms with Gasteiger partial charge in [0.2, 0.25) is 5.60 Å². The Morgan fingerprint density at radius 2 is 1.28 bits per heavy atom. The van der Waals surface area contributed by atoms with Crippen LogP contribution in [0.1, 0.15) is 36.0 Å². The van der Waals surface area contributed by atoms with Gasteiger partial charge in [-0.25, -0.2) is 4.39 Å². The second kappa shape index (κ2) is 8.59. The molecule has 1 aliphatic rings. The molecule has 3 aromatic rings. The lowest BCUT2D eigenvalue weighted by molar-refractivity contribution is -0.192. The van der Waals surface area contributed by atoms with E-state index in [1.165, 1.54) is 0 Å². The molecule has 1 nitrogen and oxygen atoms in total. The van der Waals surface area contributed by atoms with E-state index in [0.717, 1.165) is 42.6 Å². The standard InChI is InChI=1S/C27H25FO/c1-21(27(19-11-12-20-29-27)24-17-9-4-10-18-24)26(28)25(22-13-5-2-6-14-22)23-15-7-3-8-16-23/h2-10,13-18H,1,11-12,19-20H2/p+1. The van der Waals surface area contributed by atoms with Gasteiger partial charge in [0.25, 0.3) is 0 Å². The van der Waals surface area contributed by atoms with Crippen molar-refractivity contribution in [3.05, 3.63) is 126 Å². The van der Waals surface area contributed by atoms with Gasteiger partial charge < -0.3 is 4.74 Å².